The van der Waals surface area contributed by atoms with Gasteiger partial charge in [-0.15, -0.1) is 11.3 Å². The van der Waals surface area contributed by atoms with Gasteiger partial charge >= 0.3 is 0 Å². The fraction of sp³-hybridized carbons (Fsp3) is 0.0952. The molecule has 4 rings (SSSR count). The third kappa shape index (κ3) is 3.85. The van der Waals surface area contributed by atoms with Crippen LogP contribution in [0.2, 0.25) is 0 Å². The number of anilines is 1. The Kier molecular flexibility index (Phi) is 5.27. The van der Waals surface area contributed by atoms with E-state index in [9.17, 15) is 9.59 Å². The predicted molar refractivity (Wildman–Crippen MR) is 116 cm³/mol. The van der Waals surface area contributed by atoms with Crippen molar-refractivity contribution in [2.45, 2.75) is 17.3 Å². The summed E-state index contributed by atoms with van der Waals surface area (Å²) < 4.78 is 0. The molecule has 0 saturated heterocycles. The standard InChI is InChI=1S/C21H17N3O2S2/c1-13(18(25)22-15-10-6-3-7-11-15)28-21-23-19(26)17-16(12-27-20(17)24-21)14-8-4-2-5-9-14/h2-13H,1H3,(H,22,25)(H,23,24,26)/t13-/m1/s1. The number of thiophene rings is 1. The fourth-order valence-electron chi connectivity index (χ4n) is 2.80. The van der Waals surface area contributed by atoms with Crippen LogP contribution < -0.4 is 10.9 Å². The van der Waals surface area contributed by atoms with E-state index in [-0.39, 0.29) is 11.5 Å². The number of amides is 1. The average Bonchev–Trinajstić information content (AvgIpc) is 3.14. The Morgan fingerprint density at radius 2 is 1.79 bits per heavy atom. The van der Waals surface area contributed by atoms with Crippen molar-refractivity contribution in [1.82, 2.24) is 9.97 Å². The Hall–Kier alpha value is -2.90. The number of benzene rings is 2. The minimum atomic E-state index is -0.408. The lowest BCUT2D eigenvalue weighted by molar-refractivity contribution is -0.115. The second-order valence-corrected chi connectivity index (χ2v) is 8.37. The number of nitrogens with zero attached hydrogens (tertiary/aromatic N) is 1. The van der Waals surface area contributed by atoms with E-state index >= 15 is 0 Å². The molecule has 2 aromatic carbocycles. The number of carbonyl (C=O) groups is 1. The van der Waals surface area contributed by atoms with Crippen LogP contribution in [0.15, 0.2) is 76.0 Å². The van der Waals surface area contributed by atoms with Crippen molar-refractivity contribution in [2.24, 2.45) is 0 Å². The van der Waals surface area contributed by atoms with Gasteiger partial charge in [-0.1, -0.05) is 60.3 Å². The van der Waals surface area contributed by atoms with E-state index in [4.69, 9.17) is 0 Å². The van der Waals surface area contributed by atoms with Gasteiger partial charge in [0.2, 0.25) is 5.91 Å². The van der Waals surface area contributed by atoms with Crippen LogP contribution in [0, 0.1) is 0 Å². The molecular weight excluding hydrogens is 390 g/mol. The van der Waals surface area contributed by atoms with Crippen molar-refractivity contribution >= 4 is 44.9 Å². The quantitative estimate of drug-likeness (QED) is 0.369. The van der Waals surface area contributed by atoms with E-state index in [1.165, 1.54) is 23.1 Å². The van der Waals surface area contributed by atoms with Gasteiger partial charge in [0.1, 0.15) is 4.83 Å². The molecule has 0 fully saturated rings. The first-order valence-electron chi connectivity index (χ1n) is 8.71. The van der Waals surface area contributed by atoms with Gasteiger partial charge in [-0.2, -0.15) is 0 Å². The Bertz CT molecular complexity index is 1170. The zero-order chi connectivity index (χ0) is 19.5. The maximum absolute atomic E-state index is 12.7. The number of thioether (sulfide) groups is 1. The summed E-state index contributed by atoms with van der Waals surface area (Å²) in [4.78, 5) is 33.1. The van der Waals surface area contributed by atoms with Crippen molar-refractivity contribution < 1.29 is 4.79 Å². The smallest absolute Gasteiger partial charge is 0.260 e. The minimum absolute atomic E-state index is 0.143. The number of aromatic nitrogens is 2. The highest BCUT2D eigenvalue weighted by molar-refractivity contribution is 8.00. The summed E-state index contributed by atoms with van der Waals surface area (Å²) in [5, 5.41) is 5.43. The first-order chi connectivity index (χ1) is 13.6. The Morgan fingerprint density at radius 1 is 1.11 bits per heavy atom. The number of carbonyl (C=O) groups excluding carboxylic acids is 1. The van der Waals surface area contributed by atoms with Gasteiger partial charge in [-0.25, -0.2) is 4.98 Å². The molecule has 0 aliphatic rings. The lowest BCUT2D eigenvalue weighted by Crippen LogP contribution is -2.23. The Morgan fingerprint density at radius 3 is 2.50 bits per heavy atom. The number of hydrogen-bond donors (Lipinski definition) is 2. The molecule has 0 saturated carbocycles. The molecule has 5 nitrogen and oxygen atoms in total. The maximum atomic E-state index is 12.7. The minimum Gasteiger partial charge on any atom is -0.325 e. The van der Waals surface area contributed by atoms with E-state index in [2.05, 4.69) is 15.3 Å². The van der Waals surface area contributed by atoms with Gasteiger partial charge < -0.3 is 10.3 Å². The Balaban J connectivity index is 1.57. The lowest BCUT2D eigenvalue weighted by atomic mass is 10.1. The highest BCUT2D eigenvalue weighted by Gasteiger charge is 2.18. The summed E-state index contributed by atoms with van der Waals surface area (Å²) in [5.74, 6) is -0.143. The van der Waals surface area contributed by atoms with Crippen LogP contribution in [-0.4, -0.2) is 21.1 Å². The topological polar surface area (TPSA) is 74.8 Å². The number of para-hydroxylation sites is 1. The third-order valence-corrected chi connectivity index (χ3v) is 6.06. The van der Waals surface area contributed by atoms with Gasteiger partial charge in [0.05, 0.1) is 10.6 Å². The number of nitrogens with one attached hydrogen (secondary N) is 2. The van der Waals surface area contributed by atoms with Crippen molar-refractivity contribution in [3.8, 4) is 11.1 Å². The SMILES string of the molecule is C[C@@H](Sc1nc2scc(-c3ccccc3)c2c(=O)[nH]1)C(=O)Nc1ccccc1. The molecule has 0 spiro atoms. The molecule has 28 heavy (non-hydrogen) atoms. The molecule has 0 aliphatic carbocycles. The number of H-pyrrole nitrogens is 1. The fourth-order valence-corrected chi connectivity index (χ4v) is 4.60. The predicted octanol–water partition coefficient (Wildman–Crippen LogP) is 4.77. The monoisotopic (exact) mass is 407 g/mol. The van der Waals surface area contributed by atoms with Gasteiger partial charge in [0.15, 0.2) is 5.16 Å². The third-order valence-electron chi connectivity index (χ3n) is 4.21. The van der Waals surface area contributed by atoms with Crippen LogP contribution in [0.3, 0.4) is 0 Å². The second-order valence-electron chi connectivity index (χ2n) is 6.18. The number of fused-ring (bicyclic) bond motifs is 1. The molecule has 4 aromatic rings. The molecule has 140 valence electrons. The Labute approximate surface area is 169 Å². The molecule has 0 radical (unpaired) electrons. The zero-order valence-electron chi connectivity index (χ0n) is 15.0. The zero-order valence-corrected chi connectivity index (χ0v) is 16.6. The molecule has 7 heteroatoms. The highest BCUT2D eigenvalue weighted by atomic mass is 32.2. The van der Waals surface area contributed by atoms with Crippen LogP contribution in [0.5, 0.6) is 0 Å². The van der Waals surface area contributed by atoms with Crippen molar-refractivity contribution in [3.63, 3.8) is 0 Å². The van der Waals surface area contributed by atoms with Gasteiger partial charge in [0.25, 0.3) is 5.56 Å². The molecular formula is C21H17N3O2S2. The van der Waals surface area contributed by atoms with E-state index < -0.39 is 5.25 Å². The van der Waals surface area contributed by atoms with Crippen molar-refractivity contribution in [3.05, 3.63) is 76.4 Å². The molecule has 0 aliphatic heterocycles. The summed E-state index contributed by atoms with van der Waals surface area (Å²) in [5.41, 5.74) is 2.41. The molecule has 2 heterocycles. The largest absolute Gasteiger partial charge is 0.325 e. The summed E-state index contributed by atoms with van der Waals surface area (Å²) in [7, 11) is 0. The van der Waals surface area contributed by atoms with Gasteiger partial charge in [-0.05, 0) is 24.6 Å². The van der Waals surface area contributed by atoms with E-state index in [1.807, 2.05) is 66.0 Å². The average molecular weight is 408 g/mol. The number of aromatic amines is 1. The van der Waals surface area contributed by atoms with Crippen LogP contribution in [-0.2, 0) is 4.79 Å². The first-order valence-corrected chi connectivity index (χ1v) is 10.5. The van der Waals surface area contributed by atoms with E-state index in [0.29, 0.717) is 15.4 Å². The summed E-state index contributed by atoms with van der Waals surface area (Å²) in [6, 6.07) is 19.0. The molecule has 1 atom stereocenters. The van der Waals surface area contributed by atoms with Gasteiger partial charge in [-0.3, -0.25) is 9.59 Å². The summed E-state index contributed by atoms with van der Waals surface area (Å²) in [6.45, 7) is 1.79. The number of rotatable bonds is 5. The van der Waals surface area contributed by atoms with Crippen LogP contribution >= 0.6 is 23.1 Å². The molecule has 2 N–H and O–H groups in total. The number of hydrogen-bond acceptors (Lipinski definition) is 5. The molecule has 0 unspecified atom stereocenters. The van der Waals surface area contributed by atoms with Crippen LogP contribution in [0.1, 0.15) is 6.92 Å². The van der Waals surface area contributed by atoms with Crippen LogP contribution in [0.4, 0.5) is 5.69 Å². The van der Waals surface area contributed by atoms with Gasteiger partial charge in [0, 0.05) is 16.6 Å². The molecule has 0 bridgehead atoms. The maximum Gasteiger partial charge on any atom is 0.260 e. The lowest BCUT2D eigenvalue weighted by Gasteiger charge is -2.11. The molecule has 1 amide bonds. The van der Waals surface area contributed by atoms with E-state index in [1.54, 1.807) is 6.92 Å². The summed E-state index contributed by atoms with van der Waals surface area (Å²) >= 11 is 2.66. The first kappa shape index (κ1) is 18.5. The normalized spacial score (nSPS) is 12.0. The van der Waals surface area contributed by atoms with Crippen molar-refractivity contribution in [2.75, 3.05) is 5.32 Å². The van der Waals surface area contributed by atoms with Crippen molar-refractivity contribution in [1.29, 1.82) is 0 Å². The second kappa shape index (κ2) is 8.00. The summed E-state index contributed by atoms with van der Waals surface area (Å²) in [6.07, 6.45) is 0. The van der Waals surface area contributed by atoms with E-state index in [0.717, 1.165) is 16.8 Å². The molecule has 2 aromatic heterocycles. The van der Waals surface area contributed by atoms with Crippen LogP contribution in [0.25, 0.3) is 21.3 Å². The highest BCUT2D eigenvalue weighted by Crippen LogP contribution is 2.31.